The molecule has 1 N–H and O–H groups in total. The van der Waals surface area contributed by atoms with E-state index in [0.717, 1.165) is 11.1 Å². The first kappa shape index (κ1) is 30.9. The maximum absolute atomic E-state index is 12.4. The SMILES string of the molecule is CCOC(=O)c1cc(C(C)(C)C)c[nH]1.CCOC(=O)c1cc(C(C)(C)C)cn1Cc1c(C)cc(C)cc1C. The summed E-state index contributed by atoms with van der Waals surface area (Å²) in [7, 11) is 0. The van der Waals surface area contributed by atoms with Gasteiger partial charge in [-0.25, -0.2) is 9.59 Å². The summed E-state index contributed by atoms with van der Waals surface area (Å²) in [5, 5.41) is 0. The highest BCUT2D eigenvalue weighted by molar-refractivity contribution is 5.88. The summed E-state index contributed by atoms with van der Waals surface area (Å²) in [4.78, 5) is 26.6. The van der Waals surface area contributed by atoms with E-state index in [1.165, 1.54) is 22.3 Å². The van der Waals surface area contributed by atoms with Crippen molar-refractivity contribution in [2.24, 2.45) is 0 Å². The third-order valence-electron chi connectivity index (χ3n) is 6.46. The van der Waals surface area contributed by atoms with Crippen molar-refractivity contribution in [3.63, 3.8) is 0 Å². The molecule has 0 bridgehead atoms. The fourth-order valence-electron chi connectivity index (χ4n) is 4.21. The van der Waals surface area contributed by atoms with Crippen LogP contribution in [0.1, 0.15) is 110 Å². The Morgan fingerprint density at radius 2 is 1.32 bits per heavy atom. The minimum Gasteiger partial charge on any atom is -0.461 e. The molecule has 3 rings (SSSR count). The summed E-state index contributed by atoms with van der Waals surface area (Å²) in [5.74, 6) is -0.543. The average Bonchev–Trinajstić information content (AvgIpc) is 3.45. The van der Waals surface area contributed by atoms with Crippen LogP contribution in [-0.2, 0) is 26.8 Å². The van der Waals surface area contributed by atoms with Gasteiger partial charge in [0.25, 0.3) is 0 Å². The van der Waals surface area contributed by atoms with Crippen LogP contribution >= 0.6 is 0 Å². The van der Waals surface area contributed by atoms with Gasteiger partial charge in [0, 0.05) is 18.9 Å². The summed E-state index contributed by atoms with van der Waals surface area (Å²) in [6, 6.07) is 8.20. The Labute approximate surface area is 228 Å². The molecule has 0 aliphatic carbocycles. The molecule has 0 amide bonds. The standard InChI is InChI=1S/C21H29NO2.C11H17NO2/c1-8-24-20(23)19-11-17(21(5,6)7)12-22(19)13-18-15(3)9-14(2)10-16(18)4;1-5-14-10(13)9-6-8(7-12-9)11(2,3)4/h9-12H,8,13H2,1-7H3;6-7,12H,5H2,1-4H3. The third-order valence-corrected chi connectivity index (χ3v) is 6.46. The lowest BCUT2D eigenvalue weighted by atomic mass is 9.89. The van der Waals surface area contributed by atoms with E-state index in [4.69, 9.17) is 9.47 Å². The number of hydrogen-bond donors (Lipinski definition) is 1. The number of hydrogen-bond acceptors (Lipinski definition) is 4. The number of esters is 2. The van der Waals surface area contributed by atoms with Crippen LogP contribution in [0.25, 0.3) is 0 Å². The van der Waals surface area contributed by atoms with Gasteiger partial charge in [-0.05, 0) is 85.4 Å². The van der Waals surface area contributed by atoms with Crippen LogP contribution in [0.3, 0.4) is 0 Å². The highest BCUT2D eigenvalue weighted by atomic mass is 16.5. The van der Waals surface area contributed by atoms with Gasteiger partial charge in [-0.2, -0.15) is 0 Å². The van der Waals surface area contributed by atoms with Gasteiger partial charge in [-0.15, -0.1) is 0 Å². The van der Waals surface area contributed by atoms with Crippen molar-refractivity contribution in [1.82, 2.24) is 9.55 Å². The molecule has 0 saturated heterocycles. The minimum absolute atomic E-state index is 0.0101. The summed E-state index contributed by atoms with van der Waals surface area (Å²) in [5.41, 5.74) is 8.50. The van der Waals surface area contributed by atoms with Crippen molar-refractivity contribution in [1.29, 1.82) is 0 Å². The first-order chi connectivity index (χ1) is 17.6. The predicted octanol–water partition coefficient (Wildman–Crippen LogP) is 7.42. The summed E-state index contributed by atoms with van der Waals surface area (Å²) in [6.45, 7) is 24.3. The van der Waals surface area contributed by atoms with Gasteiger partial charge in [0.15, 0.2) is 0 Å². The molecule has 0 spiro atoms. The van der Waals surface area contributed by atoms with Crippen LogP contribution in [0.4, 0.5) is 0 Å². The Hall–Kier alpha value is -3.28. The number of aromatic nitrogens is 2. The van der Waals surface area contributed by atoms with Crippen molar-refractivity contribution < 1.29 is 19.1 Å². The zero-order chi connectivity index (χ0) is 28.8. The Bertz CT molecular complexity index is 1230. The predicted molar refractivity (Wildman–Crippen MR) is 154 cm³/mol. The lowest BCUT2D eigenvalue weighted by Gasteiger charge is -2.16. The van der Waals surface area contributed by atoms with Gasteiger partial charge in [-0.3, -0.25) is 0 Å². The van der Waals surface area contributed by atoms with E-state index >= 15 is 0 Å². The van der Waals surface area contributed by atoms with Crippen LogP contribution in [0.15, 0.2) is 36.7 Å². The number of ether oxygens (including phenoxy) is 2. The van der Waals surface area contributed by atoms with Crippen molar-refractivity contribution in [2.75, 3.05) is 13.2 Å². The molecule has 38 heavy (non-hydrogen) atoms. The average molecular weight is 523 g/mol. The van der Waals surface area contributed by atoms with E-state index in [2.05, 4.69) is 85.6 Å². The second-order valence-electron chi connectivity index (χ2n) is 11.9. The maximum Gasteiger partial charge on any atom is 0.354 e. The molecule has 6 nitrogen and oxygen atoms in total. The quantitative estimate of drug-likeness (QED) is 0.342. The Morgan fingerprint density at radius 3 is 1.79 bits per heavy atom. The number of aromatic amines is 1. The highest BCUT2D eigenvalue weighted by Crippen LogP contribution is 2.27. The molecule has 0 unspecified atom stereocenters. The van der Waals surface area contributed by atoms with Gasteiger partial charge in [0.1, 0.15) is 11.4 Å². The normalized spacial score (nSPS) is 11.6. The number of H-pyrrole nitrogens is 1. The number of nitrogens with zero attached hydrogens (tertiary/aromatic N) is 1. The van der Waals surface area contributed by atoms with E-state index in [0.29, 0.717) is 31.1 Å². The molecule has 208 valence electrons. The number of benzene rings is 1. The fourth-order valence-corrected chi connectivity index (χ4v) is 4.21. The van der Waals surface area contributed by atoms with Gasteiger partial charge >= 0.3 is 11.9 Å². The van der Waals surface area contributed by atoms with Crippen molar-refractivity contribution >= 4 is 11.9 Å². The molecular formula is C32H46N2O4. The van der Waals surface area contributed by atoms with Crippen molar-refractivity contribution in [2.45, 2.75) is 93.5 Å². The number of aryl methyl sites for hydroxylation is 3. The summed E-state index contributed by atoms with van der Waals surface area (Å²) >= 11 is 0. The molecule has 0 aliphatic heterocycles. The second-order valence-corrected chi connectivity index (χ2v) is 11.9. The smallest absolute Gasteiger partial charge is 0.354 e. The zero-order valence-corrected chi connectivity index (χ0v) is 25.2. The summed E-state index contributed by atoms with van der Waals surface area (Å²) < 4.78 is 12.2. The fraction of sp³-hybridized carbons (Fsp3) is 0.500. The van der Waals surface area contributed by atoms with Crippen LogP contribution in [0.2, 0.25) is 0 Å². The van der Waals surface area contributed by atoms with Gasteiger partial charge in [-0.1, -0.05) is 59.2 Å². The number of carbonyl (C=O) groups excluding carboxylic acids is 2. The van der Waals surface area contributed by atoms with E-state index < -0.39 is 0 Å². The zero-order valence-electron chi connectivity index (χ0n) is 25.2. The van der Waals surface area contributed by atoms with Gasteiger partial charge < -0.3 is 19.0 Å². The molecule has 0 radical (unpaired) electrons. The van der Waals surface area contributed by atoms with Crippen LogP contribution < -0.4 is 0 Å². The molecule has 0 aliphatic rings. The first-order valence-electron chi connectivity index (χ1n) is 13.4. The van der Waals surface area contributed by atoms with E-state index in [1.807, 2.05) is 29.8 Å². The maximum atomic E-state index is 12.4. The molecule has 2 aromatic heterocycles. The van der Waals surface area contributed by atoms with Crippen molar-refractivity contribution in [3.05, 3.63) is 81.4 Å². The highest BCUT2D eigenvalue weighted by Gasteiger charge is 2.22. The number of carbonyl (C=O) groups is 2. The Balaban J connectivity index is 0.000000308. The molecule has 0 fully saturated rings. The van der Waals surface area contributed by atoms with E-state index in [1.54, 1.807) is 6.92 Å². The molecule has 0 atom stereocenters. The van der Waals surface area contributed by atoms with Gasteiger partial charge in [0.05, 0.1) is 13.2 Å². The molecular weight excluding hydrogens is 476 g/mol. The lowest BCUT2D eigenvalue weighted by Crippen LogP contribution is -2.13. The first-order valence-corrected chi connectivity index (χ1v) is 13.4. The van der Waals surface area contributed by atoms with Crippen LogP contribution in [0, 0.1) is 20.8 Å². The van der Waals surface area contributed by atoms with Crippen LogP contribution in [0.5, 0.6) is 0 Å². The molecule has 0 saturated carbocycles. The molecule has 6 heteroatoms. The summed E-state index contributed by atoms with van der Waals surface area (Å²) in [6.07, 6.45) is 3.94. The topological polar surface area (TPSA) is 73.3 Å². The van der Waals surface area contributed by atoms with Crippen LogP contribution in [-0.4, -0.2) is 34.7 Å². The number of nitrogens with one attached hydrogen (secondary N) is 1. The monoisotopic (exact) mass is 522 g/mol. The largest absolute Gasteiger partial charge is 0.461 e. The van der Waals surface area contributed by atoms with E-state index in [-0.39, 0.29) is 22.8 Å². The Morgan fingerprint density at radius 1 is 0.789 bits per heavy atom. The number of rotatable bonds is 6. The molecule has 3 aromatic rings. The van der Waals surface area contributed by atoms with E-state index in [9.17, 15) is 9.59 Å². The third kappa shape index (κ3) is 8.11. The van der Waals surface area contributed by atoms with Gasteiger partial charge in [0.2, 0.25) is 0 Å². The molecule has 2 heterocycles. The second kappa shape index (κ2) is 12.5. The Kier molecular flexibility index (Phi) is 10.2. The molecule has 1 aromatic carbocycles. The minimum atomic E-state index is -0.289. The van der Waals surface area contributed by atoms with Crippen molar-refractivity contribution in [3.8, 4) is 0 Å². The lowest BCUT2D eigenvalue weighted by molar-refractivity contribution is 0.0507.